The summed E-state index contributed by atoms with van der Waals surface area (Å²) in [5, 5.41) is 14.4. The van der Waals surface area contributed by atoms with Crippen molar-refractivity contribution in [3.8, 4) is 0 Å². The van der Waals surface area contributed by atoms with Crippen LogP contribution in [0.3, 0.4) is 0 Å². The monoisotopic (exact) mass is 301 g/mol. The number of nitro benzene ring substituents is 1. The van der Waals surface area contributed by atoms with Crippen molar-refractivity contribution >= 4 is 17.8 Å². The molecule has 0 radical (unpaired) electrons. The molecule has 0 aliphatic rings. The zero-order valence-corrected chi connectivity index (χ0v) is 11.6. The summed E-state index contributed by atoms with van der Waals surface area (Å²) >= 11 is 0. The lowest BCUT2D eigenvalue weighted by molar-refractivity contribution is -0.385. The Hall–Kier alpha value is -3.09. The normalized spacial score (nSPS) is 10.6. The average Bonchev–Trinajstić information content (AvgIpc) is 2.48. The van der Waals surface area contributed by atoms with Crippen molar-refractivity contribution in [1.82, 2.24) is 5.43 Å². The predicted molar refractivity (Wildman–Crippen MR) is 79.3 cm³/mol. The van der Waals surface area contributed by atoms with Crippen molar-refractivity contribution in [2.75, 3.05) is 0 Å². The summed E-state index contributed by atoms with van der Waals surface area (Å²) in [5.74, 6) is -0.989. The van der Waals surface area contributed by atoms with Gasteiger partial charge in [-0.1, -0.05) is 18.2 Å². The molecule has 1 amide bonds. The fraction of sp³-hybridized carbons (Fsp3) is 0.0667. The Balaban J connectivity index is 2.08. The number of hydrazone groups is 1. The summed E-state index contributed by atoms with van der Waals surface area (Å²) in [6.45, 7) is 1.54. The molecule has 0 bridgehead atoms. The first-order chi connectivity index (χ1) is 10.5. The smallest absolute Gasteiger partial charge is 0.267 e. The summed E-state index contributed by atoms with van der Waals surface area (Å²) in [6, 6.07) is 9.97. The fourth-order valence-corrected chi connectivity index (χ4v) is 1.81. The Morgan fingerprint density at radius 3 is 2.68 bits per heavy atom. The SMILES string of the molecule is Cc1cc(C(=O)NN=Cc2ccccc2F)ccc1[N+](=O)[O-]. The van der Waals surface area contributed by atoms with Gasteiger partial charge in [0.1, 0.15) is 5.82 Å². The summed E-state index contributed by atoms with van der Waals surface area (Å²) in [5.41, 5.74) is 3.02. The van der Waals surface area contributed by atoms with E-state index in [0.717, 1.165) is 0 Å². The van der Waals surface area contributed by atoms with Gasteiger partial charge in [-0.05, 0) is 25.1 Å². The molecular formula is C15H12FN3O3. The molecule has 0 aliphatic carbocycles. The molecule has 0 aliphatic heterocycles. The molecule has 0 saturated carbocycles. The van der Waals surface area contributed by atoms with E-state index in [9.17, 15) is 19.3 Å². The molecule has 0 spiro atoms. The van der Waals surface area contributed by atoms with Gasteiger partial charge >= 0.3 is 0 Å². The Kier molecular flexibility index (Phi) is 4.57. The number of amides is 1. The second-order valence-electron chi connectivity index (χ2n) is 4.48. The van der Waals surface area contributed by atoms with E-state index < -0.39 is 16.6 Å². The molecule has 6 nitrogen and oxygen atoms in total. The van der Waals surface area contributed by atoms with Gasteiger partial charge in [-0.15, -0.1) is 0 Å². The van der Waals surface area contributed by atoms with Crippen molar-refractivity contribution in [2.24, 2.45) is 5.10 Å². The minimum atomic E-state index is -0.536. The highest BCUT2D eigenvalue weighted by Gasteiger charge is 2.13. The number of nitrogens with zero attached hydrogens (tertiary/aromatic N) is 2. The van der Waals surface area contributed by atoms with Crippen LogP contribution in [-0.2, 0) is 0 Å². The van der Waals surface area contributed by atoms with Gasteiger partial charge in [-0.25, -0.2) is 9.82 Å². The topological polar surface area (TPSA) is 84.6 Å². The van der Waals surface area contributed by atoms with Crippen LogP contribution < -0.4 is 5.43 Å². The van der Waals surface area contributed by atoms with Crippen LogP contribution in [0.15, 0.2) is 47.6 Å². The number of nitro groups is 1. The molecule has 0 unspecified atom stereocenters. The van der Waals surface area contributed by atoms with E-state index in [1.807, 2.05) is 0 Å². The van der Waals surface area contributed by atoms with Crippen molar-refractivity contribution in [2.45, 2.75) is 6.92 Å². The van der Waals surface area contributed by atoms with Crippen molar-refractivity contribution < 1.29 is 14.1 Å². The van der Waals surface area contributed by atoms with Crippen LogP contribution in [-0.4, -0.2) is 17.0 Å². The average molecular weight is 301 g/mol. The number of aryl methyl sites for hydroxylation is 1. The van der Waals surface area contributed by atoms with Gasteiger partial charge in [-0.2, -0.15) is 5.10 Å². The molecule has 2 rings (SSSR count). The highest BCUT2D eigenvalue weighted by Crippen LogP contribution is 2.18. The summed E-state index contributed by atoms with van der Waals surface area (Å²) in [6.07, 6.45) is 1.19. The van der Waals surface area contributed by atoms with Crippen LogP contribution in [0.5, 0.6) is 0 Å². The maximum Gasteiger partial charge on any atom is 0.272 e. The van der Waals surface area contributed by atoms with Crippen LogP contribution in [0.2, 0.25) is 0 Å². The minimum absolute atomic E-state index is 0.0635. The third-order valence-corrected chi connectivity index (χ3v) is 2.93. The molecule has 7 heteroatoms. The molecular weight excluding hydrogens is 289 g/mol. The number of carbonyl (C=O) groups is 1. The first-order valence-corrected chi connectivity index (χ1v) is 6.32. The minimum Gasteiger partial charge on any atom is -0.267 e. The van der Waals surface area contributed by atoms with Crippen LogP contribution >= 0.6 is 0 Å². The number of benzene rings is 2. The summed E-state index contributed by atoms with van der Waals surface area (Å²) in [7, 11) is 0. The van der Waals surface area contributed by atoms with E-state index in [1.165, 1.54) is 43.5 Å². The molecule has 0 heterocycles. The third kappa shape index (κ3) is 3.51. The maximum atomic E-state index is 13.3. The van der Waals surface area contributed by atoms with E-state index in [-0.39, 0.29) is 16.8 Å². The number of nitrogens with one attached hydrogen (secondary N) is 1. The zero-order chi connectivity index (χ0) is 16.1. The molecule has 2 aromatic rings. The van der Waals surface area contributed by atoms with Gasteiger partial charge in [0.15, 0.2) is 0 Å². The van der Waals surface area contributed by atoms with Crippen molar-refractivity contribution in [3.05, 3.63) is 75.1 Å². The van der Waals surface area contributed by atoms with Gasteiger partial charge in [0.25, 0.3) is 11.6 Å². The Bertz CT molecular complexity index is 759. The Morgan fingerprint density at radius 2 is 2.05 bits per heavy atom. The predicted octanol–water partition coefficient (Wildman–Crippen LogP) is 2.81. The summed E-state index contributed by atoms with van der Waals surface area (Å²) in [4.78, 5) is 22.1. The molecule has 22 heavy (non-hydrogen) atoms. The number of rotatable bonds is 4. The number of hydrogen-bond acceptors (Lipinski definition) is 4. The van der Waals surface area contributed by atoms with Crippen LogP contribution in [0.1, 0.15) is 21.5 Å². The van der Waals surface area contributed by atoms with Crippen molar-refractivity contribution in [3.63, 3.8) is 0 Å². The quantitative estimate of drug-likeness (QED) is 0.535. The number of hydrogen-bond donors (Lipinski definition) is 1. The van der Waals surface area contributed by atoms with E-state index >= 15 is 0 Å². The zero-order valence-electron chi connectivity index (χ0n) is 11.6. The summed E-state index contributed by atoms with van der Waals surface area (Å²) < 4.78 is 13.3. The molecule has 0 saturated heterocycles. The fourth-order valence-electron chi connectivity index (χ4n) is 1.81. The lowest BCUT2D eigenvalue weighted by Gasteiger charge is -2.02. The molecule has 0 fully saturated rings. The van der Waals surface area contributed by atoms with Crippen LogP contribution in [0.25, 0.3) is 0 Å². The van der Waals surface area contributed by atoms with Crippen molar-refractivity contribution in [1.29, 1.82) is 0 Å². The van der Waals surface area contributed by atoms with Gasteiger partial charge in [0.2, 0.25) is 0 Å². The Morgan fingerprint density at radius 1 is 1.32 bits per heavy atom. The van der Waals surface area contributed by atoms with E-state index in [2.05, 4.69) is 10.5 Å². The maximum absolute atomic E-state index is 13.3. The molecule has 2 aromatic carbocycles. The van der Waals surface area contributed by atoms with Crippen LogP contribution in [0.4, 0.5) is 10.1 Å². The first-order valence-electron chi connectivity index (χ1n) is 6.32. The molecule has 112 valence electrons. The lowest BCUT2D eigenvalue weighted by atomic mass is 10.1. The van der Waals surface area contributed by atoms with Gasteiger partial charge in [-0.3, -0.25) is 14.9 Å². The van der Waals surface area contributed by atoms with Gasteiger partial charge in [0, 0.05) is 22.8 Å². The lowest BCUT2D eigenvalue weighted by Crippen LogP contribution is -2.17. The second-order valence-corrected chi connectivity index (χ2v) is 4.48. The molecule has 0 atom stereocenters. The van der Waals surface area contributed by atoms with E-state index in [4.69, 9.17) is 0 Å². The van der Waals surface area contributed by atoms with Gasteiger partial charge < -0.3 is 0 Å². The highest BCUT2D eigenvalue weighted by atomic mass is 19.1. The standard InChI is InChI=1S/C15H12FN3O3/c1-10-8-11(6-7-14(10)19(21)22)15(20)18-17-9-12-4-2-3-5-13(12)16/h2-9H,1H3,(H,18,20). The molecule has 1 N–H and O–H groups in total. The van der Waals surface area contributed by atoms with E-state index in [0.29, 0.717) is 5.56 Å². The number of halogens is 1. The number of carbonyl (C=O) groups excluding carboxylic acids is 1. The molecule has 0 aromatic heterocycles. The largest absolute Gasteiger partial charge is 0.272 e. The van der Waals surface area contributed by atoms with E-state index in [1.54, 1.807) is 12.1 Å². The van der Waals surface area contributed by atoms with Gasteiger partial charge in [0.05, 0.1) is 11.1 Å². The second kappa shape index (κ2) is 6.57. The Labute approximate surface area is 125 Å². The van der Waals surface area contributed by atoms with Crippen LogP contribution in [0, 0.1) is 22.9 Å². The highest BCUT2D eigenvalue weighted by molar-refractivity contribution is 5.95. The first kappa shape index (κ1) is 15.3. The third-order valence-electron chi connectivity index (χ3n) is 2.93.